The summed E-state index contributed by atoms with van der Waals surface area (Å²) in [6.07, 6.45) is 1.01. The number of hydrogen-bond donors (Lipinski definition) is 2. The van der Waals surface area contributed by atoms with E-state index in [2.05, 4.69) is 3.77 Å². The van der Waals surface area contributed by atoms with E-state index in [1.54, 1.807) is 4.83 Å². The van der Waals surface area contributed by atoms with Crippen molar-refractivity contribution < 1.29 is 25.3 Å². The Balaban J connectivity index is 3.06. The molecule has 0 spiro atoms. The van der Waals surface area contributed by atoms with Crippen LogP contribution in [0.4, 0.5) is 0 Å². The number of nitrogens with zero attached hydrogens (tertiary/aromatic N) is 2. The second kappa shape index (κ2) is 5.47. The summed E-state index contributed by atoms with van der Waals surface area (Å²) in [6, 6.07) is 3.64. The molecule has 0 amide bonds. The first-order valence-electron chi connectivity index (χ1n) is 4.18. The van der Waals surface area contributed by atoms with Gasteiger partial charge < -0.3 is 0 Å². The molecule has 11 nitrogen and oxygen atoms in total. The predicted molar refractivity (Wildman–Crippen MR) is 62.4 cm³/mol. The zero-order valence-corrected chi connectivity index (χ0v) is 11.2. The van der Waals surface area contributed by atoms with Crippen molar-refractivity contribution in [3.63, 3.8) is 0 Å². The van der Waals surface area contributed by atoms with E-state index in [1.807, 2.05) is 0 Å². The number of aromatic nitrogens is 1. The van der Waals surface area contributed by atoms with Crippen molar-refractivity contribution in [2.75, 3.05) is 4.83 Å². The second-order valence-electron chi connectivity index (χ2n) is 2.85. The summed E-state index contributed by atoms with van der Waals surface area (Å²) < 4.78 is 68.2. The molecule has 106 valence electrons. The summed E-state index contributed by atoms with van der Waals surface area (Å²) >= 11 is 0. The fourth-order valence-electron chi connectivity index (χ4n) is 0.885. The first-order valence-corrected chi connectivity index (χ1v) is 8.13. The van der Waals surface area contributed by atoms with E-state index in [4.69, 9.17) is 0 Å². The highest BCUT2D eigenvalue weighted by molar-refractivity contribution is 8.05. The van der Waals surface area contributed by atoms with Gasteiger partial charge in [0.15, 0.2) is 0 Å². The molecule has 0 aromatic carbocycles. The summed E-state index contributed by atoms with van der Waals surface area (Å²) in [7, 11) is -13.1. The Morgan fingerprint density at radius 2 is 1.79 bits per heavy atom. The molecule has 0 saturated heterocycles. The van der Waals surface area contributed by atoms with Gasteiger partial charge in [0.25, 0.3) is 5.56 Å². The first kappa shape index (κ1) is 15.3. The predicted octanol–water partition coefficient (Wildman–Crippen LogP) is -2.47. The van der Waals surface area contributed by atoms with Crippen LogP contribution in [0.5, 0.6) is 0 Å². The maximum absolute atomic E-state index is 11.3. The van der Waals surface area contributed by atoms with Crippen molar-refractivity contribution in [3.8, 4) is 0 Å². The van der Waals surface area contributed by atoms with E-state index in [9.17, 15) is 30.0 Å². The molecule has 0 aliphatic carbocycles. The van der Waals surface area contributed by atoms with Crippen LogP contribution >= 0.6 is 0 Å². The van der Waals surface area contributed by atoms with Gasteiger partial charge >= 0.3 is 30.9 Å². The standard InChI is InChI=1S/C5H6N4O7S3/c10-5-3-1-2-4-9(5)6-18(13,14)8-19(15,16)7-17(11)12/h1-4,6,8H. The van der Waals surface area contributed by atoms with Crippen LogP contribution < -0.4 is 14.5 Å². The van der Waals surface area contributed by atoms with Gasteiger partial charge in [-0.05, 0) is 9.83 Å². The highest BCUT2D eigenvalue weighted by Gasteiger charge is 2.20. The lowest BCUT2D eigenvalue weighted by atomic mass is 10.5. The Hall–Kier alpha value is -1.77. The number of nitrogens with one attached hydrogen (secondary N) is 2. The Morgan fingerprint density at radius 1 is 1.16 bits per heavy atom. The van der Waals surface area contributed by atoms with E-state index < -0.39 is 36.5 Å². The largest absolute Gasteiger partial charge is 0.348 e. The average molecular weight is 330 g/mol. The van der Waals surface area contributed by atoms with Gasteiger partial charge in [0.05, 0.1) is 0 Å². The Labute approximate surface area is 108 Å². The van der Waals surface area contributed by atoms with Crippen LogP contribution in [-0.2, 0) is 30.9 Å². The molecular weight excluding hydrogens is 324 g/mol. The van der Waals surface area contributed by atoms with Crippen molar-refractivity contribution in [1.29, 1.82) is 0 Å². The van der Waals surface area contributed by atoms with Crippen molar-refractivity contribution in [2.45, 2.75) is 0 Å². The summed E-state index contributed by atoms with van der Waals surface area (Å²) in [6.45, 7) is 0. The van der Waals surface area contributed by atoms with E-state index in [0.717, 1.165) is 16.4 Å². The summed E-state index contributed by atoms with van der Waals surface area (Å²) in [5, 5.41) is 0. The zero-order chi connectivity index (χ0) is 14.7. The Kier molecular flexibility index (Phi) is 4.40. The van der Waals surface area contributed by atoms with Gasteiger partial charge in [0, 0.05) is 12.3 Å². The van der Waals surface area contributed by atoms with Crippen LogP contribution in [0.1, 0.15) is 0 Å². The molecule has 14 heteroatoms. The molecular formula is C5H6N4O7S3. The molecule has 0 aliphatic rings. The first-order chi connectivity index (χ1) is 8.61. The Morgan fingerprint density at radius 3 is 2.32 bits per heavy atom. The maximum atomic E-state index is 11.3. The lowest BCUT2D eigenvalue weighted by Gasteiger charge is -2.08. The van der Waals surface area contributed by atoms with Crippen LogP contribution in [0.15, 0.2) is 33.0 Å². The van der Waals surface area contributed by atoms with Crippen LogP contribution in [0, 0.1) is 0 Å². The average Bonchev–Trinajstić information content (AvgIpc) is 2.16. The molecule has 19 heavy (non-hydrogen) atoms. The molecule has 0 radical (unpaired) electrons. The molecule has 1 heterocycles. The van der Waals surface area contributed by atoms with Gasteiger partial charge in [-0.2, -0.15) is 25.3 Å². The van der Waals surface area contributed by atoms with E-state index in [0.29, 0.717) is 4.68 Å². The van der Waals surface area contributed by atoms with Gasteiger partial charge in [-0.3, -0.25) is 4.79 Å². The van der Waals surface area contributed by atoms with Crippen molar-refractivity contribution >= 4 is 30.9 Å². The molecule has 0 aliphatic heterocycles. The van der Waals surface area contributed by atoms with E-state index in [1.165, 1.54) is 12.1 Å². The Bertz CT molecular complexity index is 855. The molecule has 2 N–H and O–H groups in total. The third-order valence-corrected chi connectivity index (χ3v) is 4.84. The van der Waals surface area contributed by atoms with Gasteiger partial charge in [0.1, 0.15) is 0 Å². The minimum Gasteiger partial charge on any atom is -0.267 e. The highest BCUT2D eigenvalue weighted by atomic mass is 32.3. The normalized spacial score (nSPS) is 11.8. The molecule has 0 saturated carbocycles. The second-order valence-corrected chi connectivity index (χ2v) is 6.69. The number of pyridine rings is 1. The van der Waals surface area contributed by atoms with Gasteiger partial charge in [-0.1, -0.05) is 10.2 Å². The monoisotopic (exact) mass is 330 g/mol. The molecule has 0 unspecified atom stereocenters. The number of hydrogen-bond acceptors (Lipinski definition) is 7. The smallest absolute Gasteiger partial charge is 0.267 e. The third kappa shape index (κ3) is 5.16. The van der Waals surface area contributed by atoms with E-state index in [-0.39, 0.29) is 0 Å². The quantitative estimate of drug-likeness (QED) is 0.604. The summed E-state index contributed by atoms with van der Waals surface area (Å²) in [5.41, 5.74) is -0.783. The minimum absolute atomic E-state index is 0.464. The molecule has 0 bridgehead atoms. The third-order valence-electron chi connectivity index (χ3n) is 1.42. The molecule has 1 aromatic rings. The minimum atomic E-state index is -4.97. The van der Waals surface area contributed by atoms with E-state index >= 15 is 0 Å². The van der Waals surface area contributed by atoms with Crippen LogP contribution in [0.3, 0.4) is 0 Å². The van der Waals surface area contributed by atoms with Gasteiger partial charge in [-0.15, -0.1) is 0 Å². The van der Waals surface area contributed by atoms with Crippen LogP contribution in [0.2, 0.25) is 0 Å². The zero-order valence-electron chi connectivity index (χ0n) is 8.79. The van der Waals surface area contributed by atoms with Gasteiger partial charge in [-0.25, -0.2) is 9.51 Å². The summed E-state index contributed by atoms with van der Waals surface area (Å²) in [4.78, 5) is 12.7. The van der Waals surface area contributed by atoms with Crippen LogP contribution in [0.25, 0.3) is 0 Å². The SMILES string of the molecule is O=c1ccccn1NS(=O)(=O)NS(=O)(=O)N=S(=O)=O. The topological polar surface area (TPSA) is 161 Å². The molecule has 1 rings (SSSR count). The van der Waals surface area contributed by atoms with Crippen LogP contribution in [-0.4, -0.2) is 29.9 Å². The van der Waals surface area contributed by atoms with Crippen molar-refractivity contribution in [2.24, 2.45) is 3.77 Å². The lowest BCUT2D eigenvalue weighted by Crippen LogP contribution is -2.41. The summed E-state index contributed by atoms with van der Waals surface area (Å²) in [5.74, 6) is 0. The van der Waals surface area contributed by atoms with Crippen molar-refractivity contribution in [3.05, 3.63) is 34.7 Å². The highest BCUT2D eigenvalue weighted by Crippen LogP contribution is 1.91. The lowest BCUT2D eigenvalue weighted by molar-refractivity contribution is 0.577. The fraction of sp³-hybridized carbons (Fsp3) is 0. The van der Waals surface area contributed by atoms with Crippen molar-refractivity contribution in [1.82, 2.24) is 8.80 Å². The molecule has 0 fully saturated rings. The van der Waals surface area contributed by atoms with Gasteiger partial charge in [0.2, 0.25) is 0 Å². The molecule has 1 aromatic heterocycles. The molecule has 0 atom stereocenters. The number of rotatable bonds is 5. The fourth-order valence-corrected chi connectivity index (χ4v) is 3.59. The maximum Gasteiger partial charge on any atom is 0.348 e.